The molecule has 0 heterocycles. The number of benzene rings is 1. The molecule has 20 heavy (non-hydrogen) atoms. The van der Waals surface area contributed by atoms with Gasteiger partial charge >= 0.3 is 5.97 Å². The number of aliphatic imine (C=N–C) groups is 2. The van der Waals surface area contributed by atoms with Gasteiger partial charge in [-0.05, 0) is 24.3 Å². The number of nitrogens with zero attached hydrogens (tertiary/aromatic N) is 2. The van der Waals surface area contributed by atoms with Crippen LogP contribution in [0.4, 0.5) is 0 Å². The maximum absolute atomic E-state index is 10.5. The maximum atomic E-state index is 10.5. The first-order valence-electron chi connectivity index (χ1n) is 6.20. The molecular weight excluding hydrogens is 320 g/mol. The van der Waals surface area contributed by atoms with Crippen LogP contribution in [0.1, 0.15) is 24.0 Å². The molecule has 0 spiro atoms. The Bertz CT molecular complexity index is 507. The van der Waals surface area contributed by atoms with Crippen LogP contribution in [-0.4, -0.2) is 24.0 Å². The fourth-order valence-electron chi connectivity index (χ4n) is 1.54. The van der Waals surface area contributed by atoms with Crippen LogP contribution in [0.5, 0.6) is 0 Å². The molecule has 0 aliphatic rings. The standard InChI is InChI=1S/C15H17BrN2O2/c1-17-11-14(16)8-9-18-10-13-4-2-12(3-5-13)6-7-15(19)20/h2-5,9,11H,1,6-8,10H2,(H,19,20)/b14-11+,18-9?. The Morgan fingerprint density at radius 2 is 1.95 bits per heavy atom. The molecule has 0 bridgehead atoms. The van der Waals surface area contributed by atoms with Crippen LogP contribution in [0.2, 0.25) is 0 Å². The number of carboxylic acid groups (broad SMARTS) is 1. The lowest BCUT2D eigenvalue weighted by atomic mass is 10.1. The van der Waals surface area contributed by atoms with Gasteiger partial charge in [-0.3, -0.25) is 14.8 Å². The summed E-state index contributed by atoms with van der Waals surface area (Å²) in [4.78, 5) is 18.4. The zero-order valence-corrected chi connectivity index (χ0v) is 12.7. The van der Waals surface area contributed by atoms with E-state index < -0.39 is 5.97 Å². The van der Waals surface area contributed by atoms with Gasteiger partial charge < -0.3 is 5.11 Å². The largest absolute Gasteiger partial charge is 0.481 e. The van der Waals surface area contributed by atoms with Crippen molar-refractivity contribution in [3.05, 3.63) is 46.1 Å². The lowest BCUT2D eigenvalue weighted by Gasteiger charge is -2.01. The Balaban J connectivity index is 2.41. The van der Waals surface area contributed by atoms with Crippen molar-refractivity contribution in [2.75, 3.05) is 0 Å². The summed E-state index contributed by atoms with van der Waals surface area (Å²) in [6.07, 6.45) is 4.88. The van der Waals surface area contributed by atoms with Gasteiger partial charge in [0.15, 0.2) is 0 Å². The second-order valence-corrected chi connectivity index (χ2v) is 5.21. The molecule has 0 saturated heterocycles. The molecule has 1 aromatic rings. The first-order chi connectivity index (χ1) is 9.61. The summed E-state index contributed by atoms with van der Waals surface area (Å²) in [6, 6.07) is 7.85. The van der Waals surface area contributed by atoms with Gasteiger partial charge in [-0.1, -0.05) is 40.2 Å². The van der Waals surface area contributed by atoms with Crippen molar-refractivity contribution in [1.29, 1.82) is 0 Å². The van der Waals surface area contributed by atoms with E-state index in [1.807, 2.05) is 30.5 Å². The molecule has 0 radical (unpaired) electrons. The molecule has 0 fully saturated rings. The van der Waals surface area contributed by atoms with E-state index in [4.69, 9.17) is 5.11 Å². The number of carboxylic acids is 1. The molecule has 1 rings (SSSR count). The van der Waals surface area contributed by atoms with Gasteiger partial charge in [0.05, 0.1) is 6.54 Å². The summed E-state index contributed by atoms with van der Waals surface area (Å²) in [7, 11) is 0. The fourth-order valence-corrected chi connectivity index (χ4v) is 1.83. The summed E-state index contributed by atoms with van der Waals surface area (Å²) in [5.74, 6) is -0.772. The second-order valence-electron chi connectivity index (χ2n) is 4.20. The normalized spacial score (nSPS) is 11.8. The smallest absolute Gasteiger partial charge is 0.303 e. The minimum absolute atomic E-state index is 0.162. The molecule has 0 aliphatic heterocycles. The number of aryl methyl sites for hydroxylation is 1. The highest BCUT2D eigenvalue weighted by Gasteiger charge is 1.99. The molecule has 0 aliphatic carbocycles. The Labute approximate surface area is 127 Å². The van der Waals surface area contributed by atoms with E-state index in [1.165, 1.54) is 0 Å². The number of carbonyl (C=O) groups is 1. The summed E-state index contributed by atoms with van der Waals surface area (Å²) in [6.45, 7) is 3.99. The quantitative estimate of drug-likeness (QED) is 0.737. The molecule has 1 aromatic carbocycles. The molecule has 0 unspecified atom stereocenters. The van der Waals surface area contributed by atoms with Gasteiger partial charge in [0.1, 0.15) is 0 Å². The monoisotopic (exact) mass is 336 g/mol. The molecular formula is C15H17BrN2O2. The van der Waals surface area contributed by atoms with Crippen LogP contribution in [0.15, 0.2) is 44.9 Å². The van der Waals surface area contributed by atoms with E-state index in [0.717, 1.165) is 15.6 Å². The number of hydrogen-bond donors (Lipinski definition) is 1. The maximum Gasteiger partial charge on any atom is 0.303 e. The minimum Gasteiger partial charge on any atom is -0.481 e. The van der Waals surface area contributed by atoms with Crippen molar-refractivity contribution in [1.82, 2.24) is 0 Å². The number of rotatable bonds is 8. The third kappa shape index (κ3) is 6.99. The zero-order chi connectivity index (χ0) is 14.8. The van der Waals surface area contributed by atoms with E-state index >= 15 is 0 Å². The summed E-state index contributed by atoms with van der Waals surface area (Å²) < 4.78 is 0.931. The summed E-state index contributed by atoms with van der Waals surface area (Å²) in [5, 5.41) is 8.62. The Hall–Kier alpha value is -1.75. The average Bonchev–Trinajstić information content (AvgIpc) is 2.43. The molecule has 1 N–H and O–H groups in total. The van der Waals surface area contributed by atoms with E-state index in [0.29, 0.717) is 19.4 Å². The van der Waals surface area contributed by atoms with E-state index in [1.54, 1.807) is 6.20 Å². The molecule has 106 valence electrons. The fraction of sp³-hybridized carbons (Fsp3) is 0.267. The SMILES string of the molecule is C=N/C=C(/Br)CC=NCc1ccc(CCC(=O)O)cc1. The van der Waals surface area contributed by atoms with Crippen molar-refractivity contribution in [3.8, 4) is 0 Å². The zero-order valence-electron chi connectivity index (χ0n) is 11.1. The van der Waals surface area contributed by atoms with Crippen molar-refractivity contribution < 1.29 is 9.90 Å². The molecule has 0 saturated carbocycles. The van der Waals surface area contributed by atoms with Gasteiger partial charge in [-0.25, -0.2) is 0 Å². The number of hydrogen-bond acceptors (Lipinski definition) is 3. The number of aliphatic carboxylic acids is 1. The Kier molecular flexibility index (Phi) is 7.50. The lowest BCUT2D eigenvalue weighted by molar-refractivity contribution is -0.136. The van der Waals surface area contributed by atoms with Crippen LogP contribution < -0.4 is 0 Å². The highest BCUT2D eigenvalue weighted by molar-refractivity contribution is 9.11. The van der Waals surface area contributed by atoms with E-state index in [-0.39, 0.29) is 6.42 Å². The minimum atomic E-state index is -0.772. The van der Waals surface area contributed by atoms with Crippen LogP contribution in [0.3, 0.4) is 0 Å². The Morgan fingerprint density at radius 3 is 2.55 bits per heavy atom. The van der Waals surface area contributed by atoms with Gasteiger partial charge in [0.2, 0.25) is 0 Å². The third-order valence-corrected chi connectivity index (χ3v) is 3.10. The first-order valence-corrected chi connectivity index (χ1v) is 6.99. The topological polar surface area (TPSA) is 62.0 Å². The van der Waals surface area contributed by atoms with E-state index in [9.17, 15) is 4.79 Å². The Morgan fingerprint density at radius 1 is 1.30 bits per heavy atom. The predicted molar refractivity (Wildman–Crippen MR) is 85.8 cm³/mol. The van der Waals surface area contributed by atoms with Gasteiger partial charge in [-0.15, -0.1) is 0 Å². The lowest BCUT2D eigenvalue weighted by Crippen LogP contribution is -1.97. The predicted octanol–water partition coefficient (Wildman–Crippen LogP) is 3.60. The van der Waals surface area contributed by atoms with Crippen LogP contribution in [0.25, 0.3) is 0 Å². The van der Waals surface area contributed by atoms with Gasteiger partial charge in [0.25, 0.3) is 0 Å². The third-order valence-electron chi connectivity index (χ3n) is 2.57. The van der Waals surface area contributed by atoms with Gasteiger partial charge in [-0.2, -0.15) is 0 Å². The molecule has 0 atom stereocenters. The van der Waals surface area contributed by atoms with Crippen molar-refractivity contribution in [2.45, 2.75) is 25.8 Å². The van der Waals surface area contributed by atoms with Crippen LogP contribution in [0, 0.1) is 0 Å². The second kappa shape index (κ2) is 9.20. The van der Waals surface area contributed by atoms with E-state index in [2.05, 4.69) is 32.6 Å². The van der Waals surface area contributed by atoms with Crippen molar-refractivity contribution >= 4 is 34.8 Å². The molecule has 0 amide bonds. The summed E-state index contributed by atoms with van der Waals surface area (Å²) >= 11 is 3.35. The van der Waals surface area contributed by atoms with Crippen LogP contribution in [-0.2, 0) is 17.8 Å². The van der Waals surface area contributed by atoms with Crippen LogP contribution >= 0.6 is 15.9 Å². The van der Waals surface area contributed by atoms with Crippen molar-refractivity contribution in [2.24, 2.45) is 9.98 Å². The highest BCUT2D eigenvalue weighted by Crippen LogP contribution is 2.10. The van der Waals surface area contributed by atoms with Crippen molar-refractivity contribution in [3.63, 3.8) is 0 Å². The molecule has 4 nitrogen and oxygen atoms in total. The highest BCUT2D eigenvalue weighted by atomic mass is 79.9. The number of halogens is 1. The first kappa shape index (κ1) is 16.3. The average molecular weight is 337 g/mol. The summed E-state index contributed by atoms with van der Waals surface area (Å²) in [5.41, 5.74) is 2.13. The molecule has 0 aromatic heterocycles. The van der Waals surface area contributed by atoms with Gasteiger partial charge in [0, 0.05) is 29.7 Å². The molecule has 5 heteroatoms. The number of allylic oxidation sites excluding steroid dienone is 1.